The van der Waals surface area contributed by atoms with Crippen molar-refractivity contribution >= 4 is 28.9 Å². The molecule has 5 nitrogen and oxygen atoms in total. The Balaban J connectivity index is 1.65. The first-order valence-corrected chi connectivity index (χ1v) is 12.2. The van der Waals surface area contributed by atoms with E-state index in [2.05, 4.69) is 17.5 Å². The van der Waals surface area contributed by atoms with Crippen molar-refractivity contribution in [3.8, 4) is 5.75 Å². The fourth-order valence-corrected chi connectivity index (χ4v) is 3.90. The molecule has 0 bridgehead atoms. The van der Waals surface area contributed by atoms with Crippen LogP contribution in [-0.2, 0) is 4.79 Å². The van der Waals surface area contributed by atoms with E-state index in [0.717, 1.165) is 29.2 Å². The topological polar surface area (TPSA) is 67.8 Å². The number of carbonyl (C=O) groups excluding carboxylic acids is 2. The molecule has 0 aromatic heterocycles. The van der Waals surface area contributed by atoms with Crippen LogP contribution in [0.25, 0.3) is 10.8 Å². The van der Waals surface area contributed by atoms with Crippen molar-refractivity contribution in [2.24, 2.45) is 5.10 Å². The first kappa shape index (κ1) is 25.2. The maximum atomic E-state index is 12.7. The van der Waals surface area contributed by atoms with Crippen LogP contribution in [0.1, 0.15) is 79.8 Å². The highest BCUT2D eigenvalue weighted by molar-refractivity contribution is 6.04. The van der Waals surface area contributed by atoms with Gasteiger partial charge in [-0.25, -0.2) is 10.2 Å². The zero-order valence-electron chi connectivity index (χ0n) is 20.2. The number of hydrogen-bond donors (Lipinski definition) is 1. The first-order valence-electron chi connectivity index (χ1n) is 12.2. The summed E-state index contributed by atoms with van der Waals surface area (Å²) in [6.45, 7) is 4.14. The maximum absolute atomic E-state index is 12.7. The molecule has 0 saturated carbocycles. The number of hydrazone groups is 1. The van der Waals surface area contributed by atoms with E-state index in [4.69, 9.17) is 4.74 Å². The maximum Gasteiger partial charge on any atom is 0.343 e. The minimum Gasteiger partial charge on any atom is -0.422 e. The van der Waals surface area contributed by atoms with E-state index in [0.29, 0.717) is 23.3 Å². The van der Waals surface area contributed by atoms with Crippen molar-refractivity contribution in [2.45, 2.75) is 65.2 Å². The standard InChI is InChI=1S/C29H34N2O3/c1-3-4-5-6-7-8-9-17-28(32)31-30-21-26-25-16-11-10-14-23(25)18-19-27(26)34-29(33)24-15-12-13-22(2)20-24/h10-16,18-21H,3-9,17H2,1-2H3,(H,31,32)/b30-21+. The van der Waals surface area contributed by atoms with E-state index in [1.807, 2.05) is 49.4 Å². The number of carbonyl (C=O) groups is 2. The number of nitrogens with one attached hydrogen (secondary N) is 1. The number of benzene rings is 3. The number of amides is 1. The smallest absolute Gasteiger partial charge is 0.343 e. The van der Waals surface area contributed by atoms with Gasteiger partial charge in [0.2, 0.25) is 5.91 Å². The number of ether oxygens (including phenoxy) is 1. The van der Waals surface area contributed by atoms with Crippen molar-refractivity contribution < 1.29 is 14.3 Å². The van der Waals surface area contributed by atoms with Gasteiger partial charge in [-0.3, -0.25) is 4.79 Å². The number of aryl methyl sites for hydroxylation is 1. The lowest BCUT2D eigenvalue weighted by Crippen LogP contribution is -2.17. The van der Waals surface area contributed by atoms with E-state index in [-0.39, 0.29) is 5.91 Å². The summed E-state index contributed by atoms with van der Waals surface area (Å²) in [5, 5.41) is 6.06. The van der Waals surface area contributed by atoms with Gasteiger partial charge in [-0.05, 0) is 42.3 Å². The molecule has 0 aliphatic heterocycles. The van der Waals surface area contributed by atoms with E-state index in [1.165, 1.54) is 32.1 Å². The summed E-state index contributed by atoms with van der Waals surface area (Å²) in [7, 11) is 0. The molecule has 0 saturated heterocycles. The molecule has 0 fully saturated rings. The molecule has 0 spiro atoms. The van der Waals surface area contributed by atoms with Crippen LogP contribution >= 0.6 is 0 Å². The second-order valence-corrected chi connectivity index (χ2v) is 8.62. The Labute approximate surface area is 202 Å². The van der Waals surface area contributed by atoms with Crippen molar-refractivity contribution in [3.05, 3.63) is 77.4 Å². The molecule has 178 valence electrons. The third-order valence-corrected chi connectivity index (χ3v) is 5.78. The number of nitrogens with zero attached hydrogens (tertiary/aromatic N) is 1. The van der Waals surface area contributed by atoms with Crippen LogP contribution in [0.5, 0.6) is 5.75 Å². The van der Waals surface area contributed by atoms with Crippen LogP contribution in [0.3, 0.4) is 0 Å². The van der Waals surface area contributed by atoms with Crippen LogP contribution in [0.2, 0.25) is 0 Å². The van der Waals surface area contributed by atoms with Gasteiger partial charge in [0, 0.05) is 12.0 Å². The molecule has 3 aromatic carbocycles. The lowest BCUT2D eigenvalue weighted by atomic mass is 10.0. The first-order chi connectivity index (χ1) is 16.6. The highest BCUT2D eigenvalue weighted by atomic mass is 16.5. The fourth-order valence-electron chi connectivity index (χ4n) is 3.90. The molecule has 0 atom stereocenters. The molecule has 1 amide bonds. The average Bonchev–Trinajstić information content (AvgIpc) is 2.84. The number of unbranched alkanes of at least 4 members (excludes halogenated alkanes) is 6. The largest absolute Gasteiger partial charge is 0.422 e. The van der Waals surface area contributed by atoms with Gasteiger partial charge in [-0.15, -0.1) is 0 Å². The molecule has 0 aliphatic carbocycles. The second-order valence-electron chi connectivity index (χ2n) is 8.62. The predicted molar refractivity (Wildman–Crippen MR) is 138 cm³/mol. The van der Waals surface area contributed by atoms with Gasteiger partial charge in [-0.1, -0.05) is 93.5 Å². The third kappa shape index (κ3) is 7.55. The molecular formula is C29H34N2O3. The van der Waals surface area contributed by atoms with Crippen molar-refractivity contribution in [1.82, 2.24) is 5.43 Å². The van der Waals surface area contributed by atoms with E-state index in [1.54, 1.807) is 24.4 Å². The summed E-state index contributed by atoms with van der Waals surface area (Å²) in [6, 6.07) is 18.8. The Morgan fingerprint density at radius 1 is 0.912 bits per heavy atom. The molecule has 1 N–H and O–H groups in total. The lowest BCUT2D eigenvalue weighted by molar-refractivity contribution is -0.121. The lowest BCUT2D eigenvalue weighted by Gasteiger charge is -2.11. The molecule has 5 heteroatoms. The van der Waals surface area contributed by atoms with E-state index in [9.17, 15) is 9.59 Å². The molecule has 0 unspecified atom stereocenters. The molecule has 34 heavy (non-hydrogen) atoms. The number of fused-ring (bicyclic) bond motifs is 1. The highest BCUT2D eigenvalue weighted by Gasteiger charge is 2.14. The normalized spacial score (nSPS) is 11.1. The van der Waals surface area contributed by atoms with Gasteiger partial charge in [-0.2, -0.15) is 5.10 Å². The molecule has 0 radical (unpaired) electrons. The molecule has 3 rings (SSSR count). The molecule has 3 aromatic rings. The second kappa shape index (κ2) is 13.3. The third-order valence-electron chi connectivity index (χ3n) is 5.78. The van der Waals surface area contributed by atoms with Gasteiger partial charge in [0.15, 0.2) is 0 Å². The number of rotatable bonds is 12. The van der Waals surface area contributed by atoms with Gasteiger partial charge in [0.05, 0.1) is 11.8 Å². The molecular weight excluding hydrogens is 424 g/mol. The minimum atomic E-state index is -0.434. The van der Waals surface area contributed by atoms with Crippen molar-refractivity contribution in [3.63, 3.8) is 0 Å². The summed E-state index contributed by atoms with van der Waals surface area (Å²) >= 11 is 0. The van der Waals surface area contributed by atoms with Gasteiger partial charge in [0.1, 0.15) is 5.75 Å². The zero-order chi connectivity index (χ0) is 24.2. The Bertz CT molecular complexity index is 1140. The minimum absolute atomic E-state index is 0.108. The summed E-state index contributed by atoms with van der Waals surface area (Å²) in [5.41, 5.74) is 4.74. The SMILES string of the molecule is CCCCCCCCCC(=O)N/N=C/c1c(OC(=O)c2cccc(C)c2)ccc2ccccc12. The van der Waals surface area contributed by atoms with Crippen LogP contribution < -0.4 is 10.2 Å². The Morgan fingerprint density at radius 2 is 1.68 bits per heavy atom. The van der Waals surface area contributed by atoms with E-state index >= 15 is 0 Å². The highest BCUT2D eigenvalue weighted by Crippen LogP contribution is 2.27. The van der Waals surface area contributed by atoms with Crippen LogP contribution in [0, 0.1) is 6.92 Å². The molecule has 0 heterocycles. The predicted octanol–water partition coefficient (Wildman–Crippen LogP) is 6.96. The van der Waals surface area contributed by atoms with Crippen LogP contribution in [0.4, 0.5) is 0 Å². The van der Waals surface area contributed by atoms with Crippen molar-refractivity contribution in [1.29, 1.82) is 0 Å². The van der Waals surface area contributed by atoms with Crippen LogP contribution in [0.15, 0.2) is 65.8 Å². The quantitative estimate of drug-likeness (QED) is 0.105. The Kier molecular flexibility index (Phi) is 9.83. The average molecular weight is 459 g/mol. The van der Waals surface area contributed by atoms with Crippen LogP contribution in [-0.4, -0.2) is 18.1 Å². The van der Waals surface area contributed by atoms with Gasteiger partial charge >= 0.3 is 5.97 Å². The monoisotopic (exact) mass is 458 g/mol. The summed E-state index contributed by atoms with van der Waals surface area (Å²) in [5.74, 6) is -0.143. The fraction of sp³-hybridized carbons (Fsp3) is 0.345. The van der Waals surface area contributed by atoms with Gasteiger partial charge in [0.25, 0.3) is 0 Å². The molecule has 0 aliphatic rings. The van der Waals surface area contributed by atoms with Gasteiger partial charge < -0.3 is 4.74 Å². The number of esters is 1. The summed E-state index contributed by atoms with van der Waals surface area (Å²) in [6.07, 6.45) is 10.1. The Hall–Kier alpha value is -3.47. The summed E-state index contributed by atoms with van der Waals surface area (Å²) < 4.78 is 5.73. The summed E-state index contributed by atoms with van der Waals surface area (Å²) in [4.78, 5) is 24.9. The van der Waals surface area contributed by atoms with Crippen molar-refractivity contribution in [2.75, 3.05) is 0 Å². The van der Waals surface area contributed by atoms with E-state index < -0.39 is 5.97 Å². The zero-order valence-corrected chi connectivity index (χ0v) is 20.2. The number of hydrogen-bond acceptors (Lipinski definition) is 4. The Morgan fingerprint density at radius 3 is 2.47 bits per heavy atom.